The van der Waals surface area contributed by atoms with Gasteiger partial charge in [-0.1, -0.05) is 48.5 Å². The largest absolute Gasteiger partial charge is 0.494 e. The van der Waals surface area contributed by atoms with E-state index in [1.807, 2.05) is 55.5 Å². The highest BCUT2D eigenvalue weighted by Gasteiger charge is 2.72. The highest BCUT2D eigenvalue weighted by atomic mass is 35.5. The predicted octanol–water partition coefficient (Wildman–Crippen LogP) is 5.01. The normalized spacial score (nSPS) is 26.9. The van der Waals surface area contributed by atoms with Gasteiger partial charge in [0.15, 0.2) is 0 Å². The smallest absolute Gasteiger partial charge is 0.235 e. The van der Waals surface area contributed by atoms with E-state index in [0.29, 0.717) is 18.0 Å². The highest BCUT2D eigenvalue weighted by molar-refractivity contribution is 6.36. The molecule has 4 aliphatic rings. The Bertz CT molecular complexity index is 1320. The SMILES string of the molecule is CCOc1ccc(NC(=O)CCN2C(=O)[C@@H]3[C@@H](C2=O)C2(Cl)c4ccccc4C3(Cl)c3ccccc32)cc1. The molecule has 3 amide bonds. The lowest BCUT2D eigenvalue weighted by molar-refractivity contribution is -0.140. The molecule has 3 aliphatic carbocycles. The van der Waals surface area contributed by atoms with Crippen molar-refractivity contribution in [3.05, 3.63) is 95.1 Å². The maximum Gasteiger partial charge on any atom is 0.235 e. The van der Waals surface area contributed by atoms with E-state index in [0.717, 1.165) is 22.3 Å². The molecule has 0 aromatic heterocycles. The number of likely N-dealkylation sites (tertiary alicyclic amines) is 1. The molecule has 6 nitrogen and oxygen atoms in total. The van der Waals surface area contributed by atoms with Gasteiger partial charge in [-0.25, -0.2) is 0 Å². The van der Waals surface area contributed by atoms with Crippen LogP contribution in [-0.4, -0.2) is 35.8 Å². The summed E-state index contributed by atoms with van der Waals surface area (Å²) >= 11 is 14.8. The minimum Gasteiger partial charge on any atom is -0.494 e. The number of hydrogen-bond acceptors (Lipinski definition) is 4. The van der Waals surface area contributed by atoms with Gasteiger partial charge in [-0.05, 0) is 53.4 Å². The topological polar surface area (TPSA) is 75.7 Å². The standard InChI is InChI=1S/C29H24Cl2N2O4/c1-2-37-18-13-11-17(12-14-18)32-23(34)15-16-33-26(35)24-25(27(33)36)29(31)20-8-4-3-7-19(20)28(24,30)21-9-5-6-10-22(21)29/h3-14,24-25H,2,15-16H2,1H3,(H,32,34)/t24-,25-,28?,29?/m0/s1. The predicted molar refractivity (Wildman–Crippen MR) is 141 cm³/mol. The van der Waals surface area contributed by atoms with Gasteiger partial charge in [0.05, 0.1) is 18.4 Å². The second kappa shape index (κ2) is 8.61. The van der Waals surface area contributed by atoms with Gasteiger partial charge in [0.2, 0.25) is 17.7 Å². The van der Waals surface area contributed by atoms with Crippen molar-refractivity contribution in [1.82, 2.24) is 4.90 Å². The van der Waals surface area contributed by atoms with Crippen LogP contribution in [0.3, 0.4) is 0 Å². The first kappa shape index (κ1) is 24.0. The zero-order chi connectivity index (χ0) is 25.9. The number of anilines is 1. The fourth-order valence-corrected chi connectivity index (χ4v) is 7.28. The van der Waals surface area contributed by atoms with Crippen molar-refractivity contribution in [2.24, 2.45) is 11.8 Å². The van der Waals surface area contributed by atoms with Crippen LogP contribution in [0, 0.1) is 11.8 Å². The van der Waals surface area contributed by atoms with Gasteiger partial charge in [-0.2, -0.15) is 0 Å². The second-order valence-electron chi connectivity index (χ2n) is 9.55. The summed E-state index contributed by atoms with van der Waals surface area (Å²) < 4.78 is 5.42. The van der Waals surface area contributed by atoms with Crippen molar-refractivity contribution in [3.8, 4) is 5.75 Å². The summed E-state index contributed by atoms with van der Waals surface area (Å²) in [5, 5.41) is 2.80. The first-order valence-corrected chi connectivity index (χ1v) is 13.0. The van der Waals surface area contributed by atoms with Gasteiger partial charge in [-0.15, -0.1) is 23.2 Å². The molecule has 188 valence electrons. The van der Waals surface area contributed by atoms with Crippen molar-refractivity contribution in [2.75, 3.05) is 18.5 Å². The summed E-state index contributed by atoms with van der Waals surface area (Å²) in [6, 6.07) is 22.0. The van der Waals surface area contributed by atoms with Gasteiger partial charge < -0.3 is 10.1 Å². The molecule has 0 unspecified atom stereocenters. The van der Waals surface area contributed by atoms with E-state index in [-0.39, 0.29) is 18.9 Å². The average molecular weight is 535 g/mol. The van der Waals surface area contributed by atoms with Crippen LogP contribution >= 0.6 is 23.2 Å². The molecule has 2 atom stereocenters. The van der Waals surface area contributed by atoms with E-state index in [4.69, 9.17) is 27.9 Å². The number of ether oxygens (including phenoxy) is 1. The van der Waals surface area contributed by atoms with E-state index in [9.17, 15) is 14.4 Å². The minimum absolute atomic E-state index is 0.0470. The highest BCUT2D eigenvalue weighted by Crippen LogP contribution is 2.69. The lowest BCUT2D eigenvalue weighted by Crippen LogP contribution is -2.57. The summed E-state index contributed by atoms with van der Waals surface area (Å²) in [6.45, 7) is 2.39. The molecule has 2 bridgehead atoms. The Kier molecular flexibility index (Phi) is 5.58. The molecule has 1 heterocycles. The zero-order valence-corrected chi connectivity index (χ0v) is 21.6. The minimum atomic E-state index is -1.22. The molecule has 1 aliphatic heterocycles. The molecule has 37 heavy (non-hydrogen) atoms. The van der Waals surface area contributed by atoms with Crippen LogP contribution in [-0.2, 0) is 24.1 Å². The van der Waals surface area contributed by atoms with Crippen LogP contribution < -0.4 is 10.1 Å². The number of carbonyl (C=O) groups excluding carboxylic acids is 3. The van der Waals surface area contributed by atoms with E-state index >= 15 is 0 Å². The number of nitrogens with zero attached hydrogens (tertiary/aromatic N) is 1. The van der Waals surface area contributed by atoms with Crippen LogP contribution in [0.5, 0.6) is 5.75 Å². The van der Waals surface area contributed by atoms with Crippen LogP contribution in [0.4, 0.5) is 5.69 Å². The van der Waals surface area contributed by atoms with E-state index in [2.05, 4.69) is 5.32 Å². The maximum atomic E-state index is 13.8. The molecule has 8 heteroatoms. The Hall–Kier alpha value is -3.35. The number of imide groups is 1. The molecular weight excluding hydrogens is 511 g/mol. The summed E-state index contributed by atoms with van der Waals surface area (Å²) in [6.07, 6.45) is -0.0470. The summed E-state index contributed by atoms with van der Waals surface area (Å²) in [7, 11) is 0. The lowest BCUT2D eigenvalue weighted by Gasteiger charge is -2.54. The van der Waals surface area contributed by atoms with Crippen molar-refractivity contribution < 1.29 is 19.1 Å². The molecule has 1 fully saturated rings. The summed E-state index contributed by atoms with van der Waals surface area (Å²) in [5.74, 6) is -2.12. The maximum absolute atomic E-state index is 13.8. The third-order valence-corrected chi connectivity index (χ3v) is 8.97. The molecule has 0 spiro atoms. The molecule has 0 saturated carbocycles. The third kappa shape index (κ3) is 3.28. The molecule has 1 N–H and O–H groups in total. The fourth-order valence-electron chi connectivity index (χ4n) is 6.18. The van der Waals surface area contributed by atoms with Crippen LogP contribution in [0.1, 0.15) is 35.6 Å². The zero-order valence-electron chi connectivity index (χ0n) is 20.0. The van der Waals surface area contributed by atoms with E-state index < -0.39 is 33.4 Å². The molecule has 1 saturated heterocycles. The molecule has 3 aromatic carbocycles. The Morgan fingerprint density at radius 3 is 1.73 bits per heavy atom. The van der Waals surface area contributed by atoms with Gasteiger partial charge in [-0.3, -0.25) is 19.3 Å². The molecule has 0 radical (unpaired) electrons. The quantitative estimate of drug-likeness (QED) is 0.356. The second-order valence-corrected chi connectivity index (χ2v) is 10.7. The van der Waals surface area contributed by atoms with Gasteiger partial charge in [0.25, 0.3) is 0 Å². The van der Waals surface area contributed by atoms with Gasteiger partial charge in [0, 0.05) is 18.7 Å². The summed E-state index contributed by atoms with van der Waals surface area (Å²) in [5.41, 5.74) is 3.61. The Morgan fingerprint density at radius 1 is 0.838 bits per heavy atom. The fraction of sp³-hybridized carbons (Fsp3) is 0.276. The number of amides is 3. The first-order valence-electron chi connectivity index (χ1n) is 12.3. The molecule has 3 aromatic rings. The number of carbonyl (C=O) groups is 3. The Balaban J connectivity index is 1.28. The number of halogens is 2. The van der Waals surface area contributed by atoms with Crippen LogP contribution in [0.25, 0.3) is 0 Å². The Morgan fingerprint density at radius 2 is 1.30 bits per heavy atom. The van der Waals surface area contributed by atoms with Crippen molar-refractivity contribution in [2.45, 2.75) is 23.1 Å². The van der Waals surface area contributed by atoms with Gasteiger partial charge >= 0.3 is 0 Å². The first-order chi connectivity index (χ1) is 17.8. The number of rotatable bonds is 6. The van der Waals surface area contributed by atoms with Crippen LogP contribution in [0.15, 0.2) is 72.8 Å². The van der Waals surface area contributed by atoms with E-state index in [1.54, 1.807) is 24.3 Å². The average Bonchev–Trinajstić information content (AvgIpc) is 3.17. The number of alkyl halides is 2. The third-order valence-electron chi connectivity index (χ3n) is 7.69. The monoisotopic (exact) mass is 534 g/mol. The number of nitrogens with one attached hydrogen (secondary N) is 1. The Labute approximate surface area is 224 Å². The van der Waals surface area contributed by atoms with E-state index in [1.165, 1.54) is 4.90 Å². The molecular formula is C29H24Cl2N2O4. The summed E-state index contributed by atoms with van der Waals surface area (Å²) in [4.78, 5) is 39.0. The number of benzene rings is 3. The molecule has 7 rings (SSSR count). The van der Waals surface area contributed by atoms with Crippen LogP contribution in [0.2, 0.25) is 0 Å². The van der Waals surface area contributed by atoms with Crippen molar-refractivity contribution in [3.63, 3.8) is 0 Å². The van der Waals surface area contributed by atoms with Crippen molar-refractivity contribution in [1.29, 1.82) is 0 Å². The van der Waals surface area contributed by atoms with Gasteiger partial charge in [0.1, 0.15) is 15.5 Å². The lowest BCUT2D eigenvalue weighted by atomic mass is 9.54. The van der Waals surface area contributed by atoms with Crippen molar-refractivity contribution >= 4 is 46.6 Å². The number of hydrogen-bond donors (Lipinski definition) is 1.